The Morgan fingerprint density at radius 3 is 2.30 bits per heavy atom. The molecule has 1 aromatic carbocycles. The summed E-state index contributed by atoms with van der Waals surface area (Å²) in [4.78, 5) is 16.1. The maximum absolute atomic E-state index is 12.1. The van der Waals surface area contributed by atoms with Gasteiger partial charge in [-0.2, -0.15) is 0 Å². The van der Waals surface area contributed by atoms with Crippen LogP contribution in [0.15, 0.2) is 30.3 Å². The first kappa shape index (κ1) is 17.8. The molecule has 1 atom stereocenters. The Balaban J connectivity index is 1.83. The predicted octanol–water partition coefficient (Wildman–Crippen LogP) is 2.32. The van der Waals surface area contributed by atoms with Gasteiger partial charge in [-0.3, -0.25) is 4.90 Å². The lowest BCUT2D eigenvalue weighted by molar-refractivity contribution is 0.0135. The minimum Gasteiger partial charge on any atom is -0.444 e. The van der Waals surface area contributed by atoms with Gasteiger partial charge >= 0.3 is 6.09 Å². The third-order valence-corrected chi connectivity index (χ3v) is 3.99. The molecule has 0 bridgehead atoms. The molecule has 0 aliphatic carbocycles. The number of aliphatic hydroxyl groups is 1. The number of carbonyl (C=O) groups excluding carboxylic acids is 1. The van der Waals surface area contributed by atoms with Crippen LogP contribution in [-0.2, 0) is 4.74 Å². The molecule has 1 saturated heterocycles. The lowest BCUT2D eigenvalue weighted by atomic mass is 9.99. The van der Waals surface area contributed by atoms with Crippen molar-refractivity contribution in [1.82, 2.24) is 9.80 Å². The lowest BCUT2D eigenvalue weighted by Crippen LogP contribution is -2.50. The van der Waals surface area contributed by atoms with Crippen LogP contribution >= 0.6 is 0 Å². The van der Waals surface area contributed by atoms with Gasteiger partial charge in [-0.25, -0.2) is 4.79 Å². The molecule has 1 amide bonds. The van der Waals surface area contributed by atoms with Crippen LogP contribution in [0.2, 0.25) is 0 Å². The summed E-state index contributed by atoms with van der Waals surface area (Å²) < 4.78 is 5.41. The van der Waals surface area contributed by atoms with Gasteiger partial charge in [-0.05, 0) is 26.3 Å². The lowest BCUT2D eigenvalue weighted by Gasteiger charge is -2.36. The Hall–Kier alpha value is -1.59. The number of rotatable bonds is 4. The zero-order valence-corrected chi connectivity index (χ0v) is 14.4. The first-order chi connectivity index (χ1) is 10.9. The average molecular weight is 320 g/mol. The van der Waals surface area contributed by atoms with E-state index < -0.39 is 5.60 Å². The molecule has 0 spiro atoms. The summed E-state index contributed by atoms with van der Waals surface area (Å²) >= 11 is 0. The fourth-order valence-electron chi connectivity index (χ4n) is 2.74. The van der Waals surface area contributed by atoms with Crippen LogP contribution in [-0.4, -0.2) is 65.9 Å². The van der Waals surface area contributed by atoms with Crippen molar-refractivity contribution in [3.8, 4) is 0 Å². The van der Waals surface area contributed by atoms with Crippen molar-refractivity contribution in [3.63, 3.8) is 0 Å². The zero-order chi connectivity index (χ0) is 16.9. The molecule has 1 aliphatic heterocycles. The van der Waals surface area contributed by atoms with Crippen LogP contribution in [0.3, 0.4) is 0 Å². The third kappa shape index (κ3) is 5.52. The molecular formula is C18H28N2O3. The van der Waals surface area contributed by atoms with Crippen LogP contribution in [0.25, 0.3) is 0 Å². The van der Waals surface area contributed by atoms with Crippen LogP contribution in [0.5, 0.6) is 0 Å². The first-order valence-corrected chi connectivity index (χ1v) is 8.25. The molecule has 128 valence electrons. The van der Waals surface area contributed by atoms with E-state index in [4.69, 9.17) is 4.74 Å². The highest BCUT2D eigenvalue weighted by atomic mass is 16.6. The molecule has 1 N–H and O–H groups in total. The van der Waals surface area contributed by atoms with Crippen molar-refractivity contribution < 1.29 is 14.6 Å². The summed E-state index contributed by atoms with van der Waals surface area (Å²) in [6, 6.07) is 10.1. The minimum atomic E-state index is -0.455. The fourth-order valence-corrected chi connectivity index (χ4v) is 2.74. The zero-order valence-electron chi connectivity index (χ0n) is 14.4. The standard InChI is InChI=1S/C18H28N2O3/c1-18(2,3)23-17(22)20-11-9-19(10-12-20)13-16(14-21)15-7-5-4-6-8-15/h4-8,16,21H,9-14H2,1-3H3/t16-/m0/s1. The van der Waals surface area contributed by atoms with Gasteiger partial charge in [0.2, 0.25) is 0 Å². The van der Waals surface area contributed by atoms with E-state index in [0.29, 0.717) is 13.1 Å². The molecule has 5 heteroatoms. The van der Waals surface area contributed by atoms with Crippen molar-refractivity contribution in [2.75, 3.05) is 39.3 Å². The van der Waals surface area contributed by atoms with E-state index in [0.717, 1.165) is 25.2 Å². The van der Waals surface area contributed by atoms with E-state index in [1.165, 1.54) is 0 Å². The Bertz CT molecular complexity index is 491. The normalized spacial score (nSPS) is 17.8. The van der Waals surface area contributed by atoms with Crippen molar-refractivity contribution in [2.24, 2.45) is 0 Å². The minimum absolute atomic E-state index is 0.115. The molecule has 0 aromatic heterocycles. The Labute approximate surface area is 138 Å². The maximum atomic E-state index is 12.1. The summed E-state index contributed by atoms with van der Waals surface area (Å²) in [6.07, 6.45) is -0.237. The summed E-state index contributed by atoms with van der Waals surface area (Å²) in [5, 5.41) is 9.67. The van der Waals surface area contributed by atoms with Gasteiger partial charge in [-0.1, -0.05) is 30.3 Å². The number of carbonyl (C=O) groups is 1. The molecule has 1 aromatic rings. The number of hydrogen-bond donors (Lipinski definition) is 1. The van der Waals surface area contributed by atoms with Crippen LogP contribution < -0.4 is 0 Å². The van der Waals surface area contributed by atoms with Crippen LogP contribution in [0.1, 0.15) is 32.3 Å². The van der Waals surface area contributed by atoms with Gasteiger partial charge < -0.3 is 14.7 Å². The van der Waals surface area contributed by atoms with Crippen molar-refractivity contribution in [1.29, 1.82) is 0 Å². The van der Waals surface area contributed by atoms with Gasteiger partial charge in [0.15, 0.2) is 0 Å². The van der Waals surface area contributed by atoms with Crippen LogP contribution in [0.4, 0.5) is 4.79 Å². The van der Waals surface area contributed by atoms with E-state index in [-0.39, 0.29) is 18.6 Å². The van der Waals surface area contributed by atoms with E-state index in [1.54, 1.807) is 4.90 Å². The second-order valence-corrected chi connectivity index (χ2v) is 7.06. The van der Waals surface area contributed by atoms with Gasteiger partial charge in [0, 0.05) is 38.6 Å². The smallest absolute Gasteiger partial charge is 0.410 e. The number of hydrogen-bond acceptors (Lipinski definition) is 4. The van der Waals surface area contributed by atoms with E-state index >= 15 is 0 Å². The molecule has 2 rings (SSSR count). The van der Waals surface area contributed by atoms with Crippen molar-refractivity contribution in [3.05, 3.63) is 35.9 Å². The third-order valence-electron chi connectivity index (χ3n) is 3.99. The Kier molecular flexibility index (Phi) is 6.02. The highest BCUT2D eigenvalue weighted by molar-refractivity contribution is 5.68. The van der Waals surface area contributed by atoms with E-state index in [1.807, 2.05) is 39.0 Å². The van der Waals surface area contributed by atoms with E-state index in [2.05, 4.69) is 17.0 Å². The number of aliphatic hydroxyl groups excluding tert-OH is 1. The number of nitrogens with zero attached hydrogens (tertiary/aromatic N) is 2. The molecule has 1 heterocycles. The highest BCUT2D eigenvalue weighted by Crippen LogP contribution is 2.18. The number of benzene rings is 1. The SMILES string of the molecule is CC(C)(C)OC(=O)N1CCN(C[C@@H](CO)c2ccccc2)CC1. The summed E-state index contributed by atoms with van der Waals surface area (Å²) in [5.74, 6) is 0.115. The van der Waals surface area contributed by atoms with Gasteiger partial charge in [0.05, 0.1) is 6.61 Å². The molecular weight excluding hydrogens is 292 g/mol. The maximum Gasteiger partial charge on any atom is 0.410 e. The Morgan fingerprint density at radius 1 is 1.17 bits per heavy atom. The van der Waals surface area contributed by atoms with Crippen molar-refractivity contribution >= 4 is 6.09 Å². The quantitative estimate of drug-likeness (QED) is 0.925. The van der Waals surface area contributed by atoms with Gasteiger partial charge in [0.1, 0.15) is 5.60 Å². The molecule has 1 fully saturated rings. The van der Waals surface area contributed by atoms with Crippen LogP contribution in [0, 0.1) is 0 Å². The average Bonchev–Trinajstić information content (AvgIpc) is 2.52. The van der Waals surface area contributed by atoms with E-state index in [9.17, 15) is 9.90 Å². The number of piperazine rings is 1. The monoisotopic (exact) mass is 320 g/mol. The van der Waals surface area contributed by atoms with Gasteiger partial charge in [0.25, 0.3) is 0 Å². The number of ether oxygens (including phenoxy) is 1. The first-order valence-electron chi connectivity index (χ1n) is 8.25. The van der Waals surface area contributed by atoms with Crippen molar-refractivity contribution in [2.45, 2.75) is 32.3 Å². The topological polar surface area (TPSA) is 53.0 Å². The Morgan fingerprint density at radius 2 is 1.78 bits per heavy atom. The summed E-state index contributed by atoms with van der Waals surface area (Å²) in [5.41, 5.74) is 0.702. The number of amides is 1. The van der Waals surface area contributed by atoms with Gasteiger partial charge in [-0.15, -0.1) is 0 Å². The second kappa shape index (κ2) is 7.79. The molecule has 0 unspecified atom stereocenters. The summed E-state index contributed by atoms with van der Waals surface area (Å²) in [6.45, 7) is 9.54. The largest absolute Gasteiger partial charge is 0.444 e. The molecule has 23 heavy (non-hydrogen) atoms. The second-order valence-electron chi connectivity index (χ2n) is 7.06. The summed E-state index contributed by atoms with van der Waals surface area (Å²) in [7, 11) is 0. The molecule has 0 radical (unpaired) electrons. The fraction of sp³-hybridized carbons (Fsp3) is 0.611. The predicted molar refractivity (Wildman–Crippen MR) is 90.5 cm³/mol. The molecule has 1 aliphatic rings. The highest BCUT2D eigenvalue weighted by Gasteiger charge is 2.26. The molecule has 0 saturated carbocycles. The molecule has 5 nitrogen and oxygen atoms in total.